The fraction of sp³-hybridized carbons (Fsp3) is 0.875. The van der Waals surface area contributed by atoms with Crippen LogP contribution in [0.15, 0.2) is 0 Å². The summed E-state index contributed by atoms with van der Waals surface area (Å²) < 4.78 is 10.6. The minimum absolute atomic E-state index is 0.191. The number of carboxylic acids is 1. The Labute approximate surface area is 93.6 Å². The number of hydrogen-bond acceptors (Lipinski definition) is 4. The average Bonchev–Trinajstić information content (AvgIpc) is 2.16. The zero-order valence-electron chi connectivity index (χ0n) is 8.87. The lowest BCUT2D eigenvalue weighted by molar-refractivity contribution is -0.143. The Balaban J connectivity index is 2.38. The van der Waals surface area contributed by atoms with E-state index in [1.54, 1.807) is 4.90 Å². The highest BCUT2D eigenvalue weighted by atomic mass is 31.2. The van der Waals surface area contributed by atoms with Gasteiger partial charge in [0.2, 0.25) is 0 Å². The predicted octanol–water partition coefficient (Wildman–Crippen LogP) is -1.09. The fourth-order valence-electron chi connectivity index (χ4n) is 1.74. The van der Waals surface area contributed by atoms with Gasteiger partial charge in [0, 0.05) is 19.6 Å². The molecule has 1 heterocycles. The molecule has 1 saturated heterocycles. The normalized spacial score (nSPS) is 23.2. The van der Waals surface area contributed by atoms with Gasteiger partial charge in [-0.25, -0.2) is 0 Å². The molecule has 0 spiro atoms. The lowest BCUT2D eigenvalue weighted by Crippen LogP contribution is -2.55. The Morgan fingerprint density at radius 3 is 2.75 bits per heavy atom. The topological polar surface area (TPSA) is 110 Å². The third-order valence-electron chi connectivity index (χ3n) is 2.53. The highest BCUT2D eigenvalue weighted by molar-refractivity contribution is 7.51. The number of nitrogens with zero attached hydrogens (tertiary/aromatic N) is 1. The number of piperazine rings is 1. The predicted molar refractivity (Wildman–Crippen MR) is 57.4 cm³/mol. The van der Waals surface area contributed by atoms with Crippen LogP contribution in [0, 0.1) is 0 Å². The molecule has 0 aromatic carbocycles. The van der Waals surface area contributed by atoms with E-state index >= 15 is 0 Å². The van der Waals surface area contributed by atoms with E-state index in [4.69, 9.17) is 14.9 Å². The van der Waals surface area contributed by atoms with Crippen LogP contribution >= 0.6 is 7.60 Å². The van der Waals surface area contributed by atoms with Crippen molar-refractivity contribution < 1.29 is 24.3 Å². The Morgan fingerprint density at radius 1 is 1.50 bits per heavy atom. The molecular weight excluding hydrogens is 235 g/mol. The Hall–Kier alpha value is -0.460. The molecule has 0 saturated carbocycles. The summed E-state index contributed by atoms with van der Waals surface area (Å²) in [6, 6.07) is -0.592. The number of nitrogens with one attached hydrogen (secondary N) is 1. The van der Waals surface area contributed by atoms with Crippen molar-refractivity contribution in [3.05, 3.63) is 0 Å². The summed E-state index contributed by atoms with van der Waals surface area (Å²) in [5.74, 6) is -0.900. The van der Waals surface area contributed by atoms with Crippen molar-refractivity contribution in [2.75, 3.05) is 32.3 Å². The number of carboxylic acid groups (broad SMARTS) is 1. The Bertz CT molecular complexity index is 292. The molecule has 0 radical (unpaired) electrons. The van der Waals surface area contributed by atoms with Crippen LogP contribution in [0.3, 0.4) is 0 Å². The van der Waals surface area contributed by atoms with Gasteiger partial charge in [-0.1, -0.05) is 0 Å². The molecule has 7 nitrogen and oxygen atoms in total. The Kier molecular flexibility index (Phi) is 4.89. The average molecular weight is 252 g/mol. The van der Waals surface area contributed by atoms with E-state index in [-0.39, 0.29) is 6.16 Å². The summed E-state index contributed by atoms with van der Waals surface area (Å²) in [6.07, 6.45) is 0.122. The molecule has 1 aliphatic rings. The maximum absolute atomic E-state index is 10.9. The highest BCUT2D eigenvalue weighted by Crippen LogP contribution is 2.34. The van der Waals surface area contributed by atoms with E-state index < -0.39 is 19.6 Å². The zero-order chi connectivity index (χ0) is 12.2. The maximum Gasteiger partial charge on any atom is 0.325 e. The van der Waals surface area contributed by atoms with Crippen LogP contribution in [0.25, 0.3) is 0 Å². The minimum Gasteiger partial charge on any atom is -0.480 e. The molecule has 1 fully saturated rings. The second-order valence-electron chi connectivity index (χ2n) is 3.84. The van der Waals surface area contributed by atoms with Crippen molar-refractivity contribution in [2.24, 2.45) is 0 Å². The monoisotopic (exact) mass is 252 g/mol. The molecular formula is C8H17N2O5P. The second-order valence-corrected chi connectivity index (χ2v) is 5.61. The third-order valence-corrected chi connectivity index (χ3v) is 3.43. The summed E-state index contributed by atoms with van der Waals surface area (Å²) in [6.45, 7) is 2.09. The SMILES string of the molecule is O=C(O)C1CNCCN1CCCP(=O)(O)O. The number of rotatable bonds is 5. The Morgan fingerprint density at radius 2 is 2.19 bits per heavy atom. The molecule has 0 aromatic heterocycles. The van der Waals surface area contributed by atoms with Gasteiger partial charge in [0.05, 0.1) is 6.16 Å². The summed E-state index contributed by atoms with van der Waals surface area (Å²) >= 11 is 0. The second kappa shape index (κ2) is 5.75. The molecule has 1 atom stereocenters. The summed E-state index contributed by atoms with van der Waals surface area (Å²) in [7, 11) is -3.97. The molecule has 0 aromatic rings. The summed E-state index contributed by atoms with van der Waals surface area (Å²) in [4.78, 5) is 30.0. The van der Waals surface area contributed by atoms with Gasteiger partial charge < -0.3 is 20.2 Å². The maximum atomic E-state index is 10.9. The summed E-state index contributed by atoms with van der Waals surface area (Å²) in [5, 5.41) is 11.9. The standard InChI is InChI=1S/C8H17N2O5P/c11-8(12)7-6-9-2-4-10(7)3-1-5-16(13,14)15/h7,9H,1-6H2,(H,11,12)(H2,13,14,15). The number of hydrogen-bond donors (Lipinski definition) is 4. The van der Waals surface area contributed by atoms with Crippen LogP contribution in [-0.4, -0.2) is 64.1 Å². The van der Waals surface area contributed by atoms with Crippen molar-refractivity contribution in [3.8, 4) is 0 Å². The first-order chi connectivity index (χ1) is 7.40. The molecule has 1 unspecified atom stereocenters. The van der Waals surface area contributed by atoms with E-state index in [0.717, 1.165) is 0 Å². The van der Waals surface area contributed by atoms with Crippen LogP contribution in [0.5, 0.6) is 0 Å². The lowest BCUT2D eigenvalue weighted by atomic mass is 10.2. The molecule has 8 heteroatoms. The van der Waals surface area contributed by atoms with Crippen LogP contribution in [0.1, 0.15) is 6.42 Å². The lowest BCUT2D eigenvalue weighted by Gasteiger charge is -2.33. The van der Waals surface area contributed by atoms with Crippen LogP contribution in [-0.2, 0) is 9.36 Å². The highest BCUT2D eigenvalue weighted by Gasteiger charge is 2.28. The van der Waals surface area contributed by atoms with E-state index in [2.05, 4.69) is 5.32 Å². The molecule has 0 bridgehead atoms. The fourth-order valence-corrected chi connectivity index (χ4v) is 2.29. The first kappa shape index (κ1) is 13.6. The van der Waals surface area contributed by atoms with E-state index in [1.165, 1.54) is 0 Å². The molecule has 0 amide bonds. The van der Waals surface area contributed by atoms with Crippen LogP contribution < -0.4 is 5.32 Å². The molecule has 4 N–H and O–H groups in total. The van der Waals surface area contributed by atoms with E-state index in [0.29, 0.717) is 32.6 Å². The van der Waals surface area contributed by atoms with Gasteiger partial charge in [-0.3, -0.25) is 14.3 Å². The van der Waals surface area contributed by atoms with Gasteiger partial charge in [0.1, 0.15) is 6.04 Å². The van der Waals surface area contributed by atoms with Gasteiger partial charge in [-0.2, -0.15) is 0 Å². The summed E-state index contributed by atoms with van der Waals surface area (Å²) in [5.41, 5.74) is 0. The molecule has 16 heavy (non-hydrogen) atoms. The van der Waals surface area contributed by atoms with Crippen LogP contribution in [0.2, 0.25) is 0 Å². The number of carbonyl (C=O) groups is 1. The van der Waals surface area contributed by atoms with Crippen molar-refractivity contribution in [2.45, 2.75) is 12.5 Å². The first-order valence-electron chi connectivity index (χ1n) is 5.12. The van der Waals surface area contributed by atoms with Crippen molar-refractivity contribution in [1.29, 1.82) is 0 Å². The molecule has 1 aliphatic heterocycles. The number of aliphatic carboxylic acids is 1. The molecule has 0 aliphatic carbocycles. The first-order valence-corrected chi connectivity index (χ1v) is 6.92. The zero-order valence-corrected chi connectivity index (χ0v) is 9.77. The van der Waals surface area contributed by atoms with E-state index in [1.807, 2.05) is 0 Å². The molecule has 94 valence electrons. The van der Waals surface area contributed by atoms with Gasteiger partial charge in [-0.15, -0.1) is 0 Å². The smallest absolute Gasteiger partial charge is 0.325 e. The third kappa shape index (κ3) is 4.59. The largest absolute Gasteiger partial charge is 0.480 e. The van der Waals surface area contributed by atoms with Crippen molar-refractivity contribution in [3.63, 3.8) is 0 Å². The quantitative estimate of drug-likeness (QED) is 0.460. The van der Waals surface area contributed by atoms with Gasteiger partial charge in [0.25, 0.3) is 0 Å². The van der Waals surface area contributed by atoms with Crippen molar-refractivity contribution >= 4 is 13.6 Å². The van der Waals surface area contributed by atoms with Gasteiger partial charge in [0.15, 0.2) is 0 Å². The minimum atomic E-state index is -3.97. The van der Waals surface area contributed by atoms with Gasteiger partial charge >= 0.3 is 13.6 Å². The van der Waals surface area contributed by atoms with Crippen molar-refractivity contribution in [1.82, 2.24) is 10.2 Å². The van der Waals surface area contributed by atoms with Gasteiger partial charge in [-0.05, 0) is 13.0 Å². The van der Waals surface area contributed by atoms with Crippen LogP contribution in [0.4, 0.5) is 0 Å². The molecule has 1 rings (SSSR count). The van der Waals surface area contributed by atoms with E-state index in [9.17, 15) is 9.36 Å².